The third-order valence-corrected chi connectivity index (χ3v) is 5.69. The van der Waals surface area contributed by atoms with Gasteiger partial charge in [-0.15, -0.1) is 0 Å². The molecule has 1 N–H and O–H groups in total. The highest BCUT2D eigenvalue weighted by Gasteiger charge is 2.33. The average molecular weight is 388 g/mol. The molecule has 0 radical (unpaired) electrons. The Kier molecular flexibility index (Phi) is 7.63. The van der Waals surface area contributed by atoms with Crippen molar-refractivity contribution in [1.82, 2.24) is 14.1 Å². The van der Waals surface area contributed by atoms with E-state index in [0.717, 1.165) is 15.3 Å². The zero-order valence-electron chi connectivity index (χ0n) is 15.2. The molecule has 0 spiro atoms. The smallest absolute Gasteiger partial charge is 0.283 e. The fraction of sp³-hybridized carbons (Fsp3) is 0.533. The largest absolute Gasteiger partial charge is 0.395 e. The summed E-state index contributed by atoms with van der Waals surface area (Å²) in [5, 5.41) is 20.2. The second-order valence-electron chi connectivity index (χ2n) is 5.96. The minimum atomic E-state index is -4.12. The first-order valence-corrected chi connectivity index (χ1v) is 9.22. The molecule has 0 saturated carbocycles. The summed E-state index contributed by atoms with van der Waals surface area (Å²) in [6.07, 6.45) is 0. The van der Waals surface area contributed by atoms with Crippen LogP contribution in [0.4, 0.5) is 5.69 Å². The minimum Gasteiger partial charge on any atom is -0.395 e. The Morgan fingerprint density at radius 3 is 2.27 bits per heavy atom. The van der Waals surface area contributed by atoms with Gasteiger partial charge in [0, 0.05) is 46.8 Å². The molecule has 11 heteroatoms. The average Bonchev–Trinajstić information content (AvgIpc) is 2.58. The van der Waals surface area contributed by atoms with E-state index in [1.165, 1.54) is 33.3 Å². The molecule has 0 aliphatic heterocycles. The van der Waals surface area contributed by atoms with Gasteiger partial charge in [0.25, 0.3) is 11.6 Å². The zero-order valence-corrected chi connectivity index (χ0v) is 16.1. The quantitative estimate of drug-likeness (QED) is 0.460. The number of likely N-dealkylation sites (N-methyl/N-ethyl adjacent to an activating group) is 2. The van der Waals surface area contributed by atoms with Crippen molar-refractivity contribution in [2.24, 2.45) is 0 Å². The molecule has 0 bridgehead atoms. The molecular formula is C15H24N4O6S. The van der Waals surface area contributed by atoms with Crippen LogP contribution in [0.2, 0.25) is 0 Å². The first-order chi connectivity index (χ1) is 12.0. The number of hydrogen-bond acceptors (Lipinski definition) is 7. The van der Waals surface area contributed by atoms with E-state index in [1.54, 1.807) is 11.9 Å². The maximum Gasteiger partial charge on any atom is 0.283 e. The number of benzene rings is 1. The molecule has 0 saturated heterocycles. The summed E-state index contributed by atoms with van der Waals surface area (Å²) in [5.41, 5.74) is -1.02. The van der Waals surface area contributed by atoms with E-state index in [0.29, 0.717) is 13.1 Å². The van der Waals surface area contributed by atoms with Crippen LogP contribution in [0.25, 0.3) is 0 Å². The van der Waals surface area contributed by atoms with Crippen LogP contribution in [0.5, 0.6) is 0 Å². The summed E-state index contributed by atoms with van der Waals surface area (Å²) in [6, 6.07) is 3.53. The Bertz CT molecular complexity index is 765. The van der Waals surface area contributed by atoms with Gasteiger partial charge < -0.3 is 14.9 Å². The monoisotopic (exact) mass is 388 g/mol. The lowest BCUT2D eigenvalue weighted by atomic mass is 10.1. The Labute approximate surface area is 152 Å². The van der Waals surface area contributed by atoms with Crippen LogP contribution in [0.15, 0.2) is 23.1 Å². The third kappa shape index (κ3) is 4.97. The molecule has 1 rings (SSSR count). The second-order valence-corrected chi connectivity index (χ2v) is 7.97. The predicted molar refractivity (Wildman–Crippen MR) is 95.5 cm³/mol. The number of aliphatic hydroxyl groups is 1. The maximum absolute atomic E-state index is 12.9. The molecule has 1 amide bonds. The second kappa shape index (κ2) is 9.03. The number of hydrogen-bond donors (Lipinski definition) is 1. The minimum absolute atomic E-state index is 0.0562. The number of sulfonamides is 1. The van der Waals surface area contributed by atoms with Gasteiger partial charge in [-0.25, -0.2) is 8.42 Å². The number of nitro benzene ring substituents is 1. The lowest BCUT2D eigenvalue weighted by Crippen LogP contribution is -2.37. The normalized spacial score (nSPS) is 11.8. The lowest BCUT2D eigenvalue weighted by Gasteiger charge is -2.22. The molecular weight excluding hydrogens is 364 g/mol. The Balaban J connectivity index is 3.33. The molecule has 0 unspecified atom stereocenters. The van der Waals surface area contributed by atoms with E-state index in [9.17, 15) is 23.3 Å². The highest BCUT2D eigenvalue weighted by Crippen LogP contribution is 2.28. The summed E-state index contributed by atoms with van der Waals surface area (Å²) in [4.78, 5) is 25.4. The van der Waals surface area contributed by atoms with E-state index in [2.05, 4.69) is 0 Å². The fourth-order valence-electron chi connectivity index (χ4n) is 2.21. The van der Waals surface area contributed by atoms with Crippen LogP contribution in [0.1, 0.15) is 10.4 Å². The number of rotatable bonds is 9. The van der Waals surface area contributed by atoms with Crippen LogP contribution < -0.4 is 0 Å². The summed E-state index contributed by atoms with van der Waals surface area (Å²) < 4.78 is 26.8. The molecule has 0 aromatic heterocycles. The van der Waals surface area contributed by atoms with Gasteiger partial charge in [0.15, 0.2) is 0 Å². The maximum atomic E-state index is 12.9. The van der Waals surface area contributed by atoms with Gasteiger partial charge in [-0.3, -0.25) is 14.9 Å². The molecule has 26 heavy (non-hydrogen) atoms. The number of amides is 1. The summed E-state index contributed by atoms with van der Waals surface area (Å²) in [7, 11) is 1.73. The van der Waals surface area contributed by atoms with E-state index in [4.69, 9.17) is 5.11 Å². The number of aliphatic hydroxyl groups excluding tert-OH is 1. The molecule has 0 aliphatic carbocycles. The summed E-state index contributed by atoms with van der Waals surface area (Å²) in [6.45, 7) is 0.772. The number of carbonyl (C=O) groups is 1. The van der Waals surface area contributed by atoms with Crippen LogP contribution in [-0.4, -0.2) is 92.9 Å². The predicted octanol–water partition coefficient (Wildman–Crippen LogP) is -0.159. The van der Waals surface area contributed by atoms with E-state index >= 15 is 0 Å². The molecule has 10 nitrogen and oxygen atoms in total. The lowest BCUT2D eigenvalue weighted by molar-refractivity contribution is -0.385. The van der Waals surface area contributed by atoms with Crippen molar-refractivity contribution in [3.05, 3.63) is 33.9 Å². The summed E-state index contributed by atoms with van der Waals surface area (Å²) >= 11 is 0. The number of nitro groups is 1. The molecule has 1 aromatic carbocycles. The fourth-order valence-corrected chi connectivity index (χ4v) is 3.57. The van der Waals surface area contributed by atoms with Gasteiger partial charge >= 0.3 is 0 Å². The molecule has 0 atom stereocenters. The van der Waals surface area contributed by atoms with Crippen molar-refractivity contribution in [3.8, 4) is 0 Å². The first kappa shape index (κ1) is 22.0. The van der Waals surface area contributed by atoms with Crippen molar-refractivity contribution in [3.63, 3.8) is 0 Å². The molecule has 1 aromatic rings. The van der Waals surface area contributed by atoms with Crippen molar-refractivity contribution in [1.29, 1.82) is 0 Å². The molecule has 0 aliphatic rings. The number of carbonyl (C=O) groups excluding carboxylic acids is 1. The highest BCUT2D eigenvalue weighted by atomic mass is 32.2. The van der Waals surface area contributed by atoms with E-state index in [1.807, 2.05) is 0 Å². The van der Waals surface area contributed by atoms with Crippen molar-refractivity contribution in [2.45, 2.75) is 4.90 Å². The van der Waals surface area contributed by atoms with Gasteiger partial charge in [-0.2, -0.15) is 4.31 Å². The highest BCUT2D eigenvalue weighted by molar-refractivity contribution is 7.89. The molecule has 146 valence electrons. The van der Waals surface area contributed by atoms with Crippen molar-refractivity contribution >= 4 is 21.6 Å². The van der Waals surface area contributed by atoms with Gasteiger partial charge in [0.1, 0.15) is 10.5 Å². The van der Waals surface area contributed by atoms with Gasteiger partial charge in [0.05, 0.1) is 11.5 Å². The van der Waals surface area contributed by atoms with Crippen molar-refractivity contribution in [2.75, 3.05) is 54.4 Å². The van der Waals surface area contributed by atoms with E-state index in [-0.39, 0.29) is 13.2 Å². The SMILES string of the molecule is CN(CCO)CCN(C)S(=O)(=O)c1cccc([N+](=O)[O-])c1C(=O)N(C)C. The standard InChI is InChI=1S/C15H24N4O6S/c1-16(2)15(21)14-12(19(22)23)6-5-7-13(14)26(24,25)18(4)9-8-17(3)10-11-20/h5-7,20H,8-11H2,1-4H3. The Morgan fingerprint density at radius 1 is 1.15 bits per heavy atom. The van der Waals surface area contributed by atoms with Gasteiger partial charge in [-0.05, 0) is 13.1 Å². The van der Waals surface area contributed by atoms with Crippen LogP contribution in [0, 0.1) is 10.1 Å². The summed E-state index contributed by atoms with van der Waals surface area (Å²) in [5.74, 6) is -0.762. The van der Waals surface area contributed by atoms with Crippen LogP contribution in [-0.2, 0) is 10.0 Å². The van der Waals surface area contributed by atoms with Crippen LogP contribution in [0.3, 0.4) is 0 Å². The first-order valence-electron chi connectivity index (χ1n) is 7.78. The van der Waals surface area contributed by atoms with Crippen LogP contribution >= 0.6 is 0 Å². The molecule has 0 fully saturated rings. The molecule has 0 heterocycles. The van der Waals surface area contributed by atoms with Gasteiger partial charge in [0.2, 0.25) is 10.0 Å². The Morgan fingerprint density at radius 2 is 1.77 bits per heavy atom. The van der Waals surface area contributed by atoms with Gasteiger partial charge in [-0.1, -0.05) is 6.07 Å². The number of nitrogens with zero attached hydrogens (tertiary/aromatic N) is 4. The van der Waals surface area contributed by atoms with Crippen molar-refractivity contribution < 1.29 is 23.2 Å². The topological polar surface area (TPSA) is 124 Å². The van der Waals surface area contributed by atoms with E-state index < -0.39 is 37.0 Å². The third-order valence-electron chi connectivity index (χ3n) is 3.79. The zero-order chi connectivity index (χ0) is 20.1. The Hall–Kier alpha value is -2.08.